The molecule has 1 saturated carbocycles. The van der Waals surface area contributed by atoms with Crippen LogP contribution >= 0.6 is 11.3 Å². The van der Waals surface area contributed by atoms with Crippen LogP contribution in [-0.2, 0) is 16.6 Å². The highest BCUT2D eigenvalue weighted by Crippen LogP contribution is 2.29. The van der Waals surface area contributed by atoms with Gasteiger partial charge in [-0.3, -0.25) is 0 Å². The van der Waals surface area contributed by atoms with Gasteiger partial charge in [-0.25, -0.2) is 13.1 Å². The minimum Gasteiger partial charge on any atom is -0.309 e. The normalized spacial score (nSPS) is 18.0. The van der Waals surface area contributed by atoms with Crippen LogP contribution in [0.5, 0.6) is 0 Å². The first-order valence-corrected chi connectivity index (χ1v) is 9.80. The van der Waals surface area contributed by atoms with Crippen LogP contribution in [0.1, 0.15) is 51.0 Å². The zero-order valence-corrected chi connectivity index (χ0v) is 15.1. The standard InChI is InChI=1S/C15H26N2O2S2/c1-10-9-20-13(8-16-12-6-7-12)14(10)21(18,19)17-11(2)15(3,4)5/h9,11-12,16-17H,6-8H2,1-5H3. The second-order valence-electron chi connectivity index (χ2n) is 7.04. The third kappa shape index (κ3) is 4.28. The second kappa shape index (κ2) is 5.99. The fraction of sp³-hybridized carbons (Fsp3) is 0.733. The molecule has 2 N–H and O–H groups in total. The third-order valence-corrected chi connectivity index (χ3v) is 7.02. The highest BCUT2D eigenvalue weighted by molar-refractivity contribution is 7.89. The summed E-state index contributed by atoms with van der Waals surface area (Å²) in [5.41, 5.74) is 0.727. The highest BCUT2D eigenvalue weighted by atomic mass is 32.2. The molecule has 4 nitrogen and oxygen atoms in total. The van der Waals surface area contributed by atoms with Crippen molar-refractivity contribution in [2.45, 2.75) is 71.0 Å². The lowest BCUT2D eigenvalue weighted by molar-refractivity contribution is 0.317. The number of thiophene rings is 1. The second-order valence-corrected chi connectivity index (χ2v) is 9.65. The number of hydrogen-bond acceptors (Lipinski definition) is 4. The average molecular weight is 331 g/mol. The minimum absolute atomic E-state index is 0.108. The minimum atomic E-state index is -3.47. The summed E-state index contributed by atoms with van der Waals surface area (Å²) < 4.78 is 28.3. The molecule has 1 aliphatic carbocycles. The summed E-state index contributed by atoms with van der Waals surface area (Å²) in [7, 11) is -3.47. The fourth-order valence-corrected chi connectivity index (χ4v) is 5.17. The summed E-state index contributed by atoms with van der Waals surface area (Å²) in [6, 6.07) is 0.454. The first-order chi connectivity index (χ1) is 9.61. The maximum atomic E-state index is 12.7. The zero-order valence-electron chi connectivity index (χ0n) is 13.5. The Morgan fingerprint density at radius 3 is 2.52 bits per heavy atom. The molecule has 0 radical (unpaired) electrons. The lowest BCUT2D eigenvalue weighted by atomic mass is 9.89. The van der Waals surface area contributed by atoms with Crippen molar-refractivity contribution in [1.82, 2.24) is 10.0 Å². The number of hydrogen-bond donors (Lipinski definition) is 2. The Morgan fingerprint density at radius 2 is 2.00 bits per heavy atom. The molecular formula is C15H26N2O2S2. The predicted octanol–water partition coefficient (Wildman–Crippen LogP) is 3.02. The Kier molecular flexibility index (Phi) is 4.83. The molecule has 6 heteroatoms. The molecular weight excluding hydrogens is 304 g/mol. The van der Waals surface area contributed by atoms with Crippen molar-refractivity contribution < 1.29 is 8.42 Å². The number of rotatable bonds is 6. The Labute approximate surface area is 132 Å². The van der Waals surface area contributed by atoms with E-state index in [0.717, 1.165) is 10.4 Å². The van der Waals surface area contributed by atoms with Crippen molar-refractivity contribution in [2.75, 3.05) is 0 Å². The SMILES string of the molecule is Cc1csc(CNC2CC2)c1S(=O)(=O)NC(C)C(C)(C)C. The van der Waals surface area contributed by atoms with Gasteiger partial charge in [-0.05, 0) is 43.0 Å². The van der Waals surface area contributed by atoms with Gasteiger partial charge in [0.2, 0.25) is 10.0 Å². The van der Waals surface area contributed by atoms with E-state index in [4.69, 9.17) is 0 Å². The molecule has 21 heavy (non-hydrogen) atoms. The Hall–Kier alpha value is -0.430. The lowest BCUT2D eigenvalue weighted by Crippen LogP contribution is -2.41. The molecule has 0 aromatic carbocycles. The van der Waals surface area contributed by atoms with Crippen molar-refractivity contribution in [1.29, 1.82) is 0 Å². The van der Waals surface area contributed by atoms with Gasteiger partial charge in [-0.1, -0.05) is 20.8 Å². The summed E-state index contributed by atoms with van der Waals surface area (Å²) in [6.45, 7) is 10.5. The summed E-state index contributed by atoms with van der Waals surface area (Å²) in [5.74, 6) is 0. The van der Waals surface area contributed by atoms with E-state index in [1.165, 1.54) is 24.2 Å². The quantitative estimate of drug-likeness (QED) is 0.843. The number of sulfonamides is 1. The van der Waals surface area contributed by atoms with Gasteiger partial charge in [0.15, 0.2) is 0 Å². The summed E-state index contributed by atoms with van der Waals surface area (Å²) >= 11 is 1.53. The van der Waals surface area contributed by atoms with Gasteiger partial charge in [0.05, 0.1) is 0 Å². The van der Waals surface area contributed by atoms with E-state index in [1.807, 2.05) is 40.0 Å². The molecule has 1 aromatic rings. The molecule has 0 amide bonds. The third-order valence-electron chi connectivity index (χ3n) is 4.02. The van der Waals surface area contributed by atoms with Crippen molar-refractivity contribution in [2.24, 2.45) is 5.41 Å². The van der Waals surface area contributed by atoms with Crippen LogP contribution in [0.4, 0.5) is 0 Å². The van der Waals surface area contributed by atoms with Crippen molar-refractivity contribution >= 4 is 21.4 Å². The van der Waals surface area contributed by atoms with E-state index in [0.29, 0.717) is 17.5 Å². The molecule has 0 aliphatic heterocycles. The maximum Gasteiger partial charge on any atom is 0.242 e. The maximum absolute atomic E-state index is 12.7. The zero-order chi connectivity index (χ0) is 15.8. The molecule has 1 heterocycles. The summed E-state index contributed by atoms with van der Waals surface area (Å²) in [4.78, 5) is 1.38. The monoisotopic (exact) mass is 330 g/mol. The lowest BCUT2D eigenvalue weighted by Gasteiger charge is -2.28. The van der Waals surface area contributed by atoms with E-state index in [9.17, 15) is 8.42 Å². The fourth-order valence-electron chi connectivity index (χ4n) is 1.96. The molecule has 1 fully saturated rings. The molecule has 1 atom stereocenters. The topological polar surface area (TPSA) is 58.2 Å². The van der Waals surface area contributed by atoms with Crippen LogP contribution in [0.2, 0.25) is 0 Å². The average Bonchev–Trinajstić information content (AvgIpc) is 3.07. The highest BCUT2D eigenvalue weighted by Gasteiger charge is 2.30. The van der Waals surface area contributed by atoms with E-state index >= 15 is 0 Å². The Morgan fingerprint density at radius 1 is 1.38 bits per heavy atom. The first kappa shape index (κ1) is 16.9. The molecule has 120 valence electrons. The van der Waals surface area contributed by atoms with Gasteiger partial charge in [-0.15, -0.1) is 11.3 Å². The smallest absolute Gasteiger partial charge is 0.242 e. The first-order valence-electron chi connectivity index (χ1n) is 7.44. The summed E-state index contributed by atoms with van der Waals surface area (Å²) in [6.07, 6.45) is 2.40. The van der Waals surface area contributed by atoms with E-state index < -0.39 is 10.0 Å². The van der Waals surface area contributed by atoms with Crippen molar-refractivity contribution in [3.63, 3.8) is 0 Å². The van der Waals surface area contributed by atoms with Crippen LogP contribution in [0.3, 0.4) is 0 Å². The molecule has 2 rings (SSSR count). The van der Waals surface area contributed by atoms with E-state index in [-0.39, 0.29) is 11.5 Å². The van der Waals surface area contributed by atoms with Crippen LogP contribution in [-0.4, -0.2) is 20.5 Å². The Balaban J connectivity index is 2.20. The molecule has 1 aromatic heterocycles. The summed E-state index contributed by atoms with van der Waals surface area (Å²) in [5, 5.41) is 5.33. The van der Waals surface area contributed by atoms with Gasteiger partial charge >= 0.3 is 0 Å². The van der Waals surface area contributed by atoms with Gasteiger partial charge < -0.3 is 5.32 Å². The van der Waals surface area contributed by atoms with E-state index in [1.54, 1.807) is 0 Å². The van der Waals surface area contributed by atoms with Crippen LogP contribution < -0.4 is 10.0 Å². The predicted molar refractivity (Wildman–Crippen MR) is 88.2 cm³/mol. The van der Waals surface area contributed by atoms with Crippen LogP contribution in [0, 0.1) is 12.3 Å². The largest absolute Gasteiger partial charge is 0.309 e. The van der Waals surface area contributed by atoms with Gasteiger partial charge in [0.25, 0.3) is 0 Å². The molecule has 0 saturated heterocycles. The van der Waals surface area contributed by atoms with Gasteiger partial charge in [-0.2, -0.15) is 0 Å². The Bertz CT molecular complexity index is 596. The van der Waals surface area contributed by atoms with Gasteiger partial charge in [0.1, 0.15) is 4.90 Å². The van der Waals surface area contributed by atoms with Crippen LogP contribution in [0.25, 0.3) is 0 Å². The van der Waals surface area contributed by atoms with Gasteiger partial charge in [0, 0.05) is 23.5 Å². The molecule has 0 bridgehead atoms. The van der Waals surface area contributed by atoms with Crippen LogP contribution in [0.15, 0.2) is 10.3 Å². The molecule has 1 unspecified atom stereocenters. The van der Waals surface area contributed by atoms with Crippen molar-refractivity contribution in [3.05, 3.63) is 15.8 Å². The van der Waals surface area contributed by atoms with E-state index in [2.05, 4.69) is 10.0 Å². The molecule has 1 aliphatic rings. The molecule has 0 spiro atoms. The number of nitrogens with one attached hydrogen (secondary N) is 2. The number of aryl methyl sites for hydroxylation is 1. The van der Waals surface area contributed by atoms with Crippen molar-refractivity contribution in [3.8, 4) is 0 Å².